The molecule has 2 amide bonds. The number of halogens is 3. The lowest BCUT2D eigenvalue weighted by atomic mass is 10.1. The first-order valence-corrected chi connectivity index (χ1v) is 12.9. The molecule has 2 heterocycles. The molecule has 1 aliphatic heterocycles. The second-order valence-electron chi connectivity index (χ2n) is 10.1. The van der Waals surface area contributed by atoms with E-state index in [0.717, 1.165) is 43.2 Å². The fourth-order valence-electron chi connectivity index (χ4n) is 4.78. The van der Waals surface area contributed by atoms with E-state index in [1.165, 1.54) is 23.0 Å². The number of ether oxygens (including phenoxy) is 1. The molecule has 2 N–H and O–H groups in total. The molecule has 3 aromatic carbocycles. The third-order valence-corrected chi connectivity index (χ3v) is 7.00. The molecule has 12 heteroatoms. The summed E-state index contributed by atoms with van der Waals surface area (Å²) in [6, 6.07) is 13.8. The molecule has 41 heavy (non-hydrogen) atoms. The first-order chi connectivity index (χ1) is 19.5. The van der Waals surface area contributed by atoms with Gasteiger partial charge in [0.15, 0.2) is 0 Å². The zero-order chi connectivity index (χ0) is 29.3. The number of hydrogen-bond donors (Lipinski definition) is 1. The second-order valence-corrected chi connectivity index (χ2v) is 10.1. The predicted octanol–water partition coefficient (Wildman–Crippen LogP) is 4.71. The Labute approximate surface area is 234 Å². The highest BCUT2D eigenvalue weighted by Gasteiger charge is 2.32. The van der Waals surface area contributed by atoms with E-state index in [0.29, 0.717) is 34.5 Å². The Morgan fingerprint density at radius 2 is 1.63 bits per heavy atom. The molecule has 0 radical (unpaired) electrons. The molecule has 214 valence electrons. The summed E-state index contributed by atoms with van der Waals surface area (Å²) >= 11 is 0. The maximum atomic E-state index is 13.9. The van der Waals surface area contributed by atoms with Crippen molar-refractivity contribution < 1.29 is 22.7 Å². The van der Waals surface area contributed by atoms with Crippen LogP contribution in [-0.2, 0) is 19.8 Å². The van der Waals surface area contributed by atoms with Gasteiger partial charge in [0.25, 0.3) is 5.56 Å². The van der Waals surface area contributed by atoms with Crippen molar-refractivity contribution in [1.29, 1.82) is 0 Å². The number of aromatic nitrogens is 2. The van der Waals surface area contributed by atoms with E-state index in [4.69, 9.17) is 10.5 Å². The number of aryl methyl sites for hydroxylation is 1. The summed E-state index contributed by atoms with van der Waals surface area (Å²) in [6.45, 7) is 3.41. The minimum absolute atomic E-state index is 0.0167. The fraction of sp³-hybridized carbons (Fsp3) is 0.276. The molecule has 4 aromatic rings. The topological polar surface area (TPSA) is 96.9 Å². The van der Waals surface area contributed by atoms with Gasteiger partial charge in [-0.05, 0) is 73.3 Å². The van der Waals surface area contributed by atoms with Crippen LogP contribution < -0.4 is 20.9 Å². The summed E-state index contributed by atoms with van der Waals surface area (Å²) in [5.41, 5.74) is 5.84. The Bertz CT molecular complexity index is 1630. The maximum absolute atomic E-state index is 13.9. The van der Waals surface area contributed by atoms with Crippen LogP contribution in [0.3, 0.4) is 0 Å². The highest BCUT2D eigenvalue weighted by molar-refractivity contribution is 5.98. The molecule has 1 fully saturated rings. The first-order valence-electron chi connectivity index (χ1n) is 12.9. The van der Waals surface area contributed by atoms with Gasteiger partial charge in [0.05, 0.1) is 34.2 Å². The van der Waals surface area contributed by atoms with E-state index in [9.17, 15) is 22.8 Å². The van der Waals surface area contributed by atoms with Gasteiger partial charge in [-0.1, -0.05) is 0 Å². The number of alkyl halides is 3. The highest BCUT2D eigenvalue weighted by atomic mass is 19.4. The smallest absolute Gasteiger partial charge is 0.416 e. The average molecular weight is 567 g/mol. The number of primary amides is 1. The Kier molecular flexibility index (Phi) is 7.70. The first kappa shape index (κ1) is 28.1. The van der Waals surface area contributed by atoms with E-state index >= 15 is 0 Å². The van der Waals surface area contributed by atoms with E-state index in [1.54, 1.807) is 43.4 Å². The Morgan fingerprint density at radius 3 is 2.29 bits per heavy atom. The van der Waals surface area contributed by atoms with Gasteiger partial charge in [-0.3, -0.25) is 14.6 Å². The van der Waals surface area contributed by atoms with E-state index < -0.39 is 17.8 Å². The number of carbonyl (C=O) groups excluding carboxylic acids is 1. The van der Waals surface area contributed by atoms with E-state index in [-0.39, 0.29) is 16.9 Å². The maximum Gasteiger partial charge on any atom is 0.416 e. The van der Waals surface area contributed by atoms with Gasteiger partial charge in [0, 0.05) is 39.8 Å². The summed E-state index contributed by atoms with van der Waals surface area (Å²) in [5, 5.41) is 0.390. The van der Waals surface area contributed by atoms with Crippen LogP contribution in [0.25, 0.3) is 10.9 Å². The lowest BCUT2D eigenvalue weighted by molar-refractivity contribution is -0.137. The van der Waals surface area contributed by atoms with Crippen LogP contribution in [-0.4, -0.2) is 58.6 Å². The summed E-state index contributed by atoms with van der Waals surface area (Å²) < 4.78 is 48.8. The Hall–Kier alpha value is -4.42. The van der Waals surface area contributed by atoms with Crippen molar-refractivity contribution in [2.24, 2.45) is 12.8 Å². The molecule has 0 unspecified atom stereocenters. The van der Waals surface area contributed by atoms with Gasteiger partial charge >= 0.3 is 12.2 Å². The fourth-order valence-corrected chi connectivity index (χ4v) is 4.78. The van der Waals surface area contributed by atoms with E-state index in [1.807, 2.05) is 7.05 Å². The second kappa shape index (κ2) is 11.2. The summed E-state index contributed by atoms with van der Waals surface area (Å²) in [4.78, 5) is 34.5. The van der Waals surface area contributed by atoms with Crippen LogP contribution >= 0.6 is 0 Å². The minimum Gasteiger partial charge on any atom is -0.457 e. The monoisotopic (exact) mass is 566 g/mol. The minimum atomic E-state index is -4.61. The van der Waals surface area contributed by atoms with Crippen LogP contribution in [0.15, 0.2) is 71.8 Å². The summed E-state index contributed by atoms with van der Waals surface area (Å²) in [6.07, 6.45) is -3.17. The van der Waals surface area contributed by atoms with Gasteiger partial charge in [-0.25, -0.2) is 9.78 Å². The van der Waals surface area contributed by atoms with Crippen LogP contribution in [0.5, 0.6) is 11.5 Å². The Balaban J connectivity index is 1.42. The molecule has 1 aromatic heterocycles. The molecule has 0 saturated carbocycles. The number of carbonyl (C=O) groups is 1. The van der Waals surface area contributed by atoms with Crippen molar-refractivity contribution in [2.75, 3.05) is 38.1 Å². The number of rotatable bonds is 6. The predicted molar refractivity (Wildman–Crippen MR) is 149 cm³/mol. The number of benzene rings is 3. The Morgan fingerprint density at radius 1 is 0.951 bits per heavy atom. The van der Waals surface area contributed by atoms with Gasteiger partial charge in [0.1, 0.15) is 11.5 Å². The summed E-state index contributed by atoms with van der Waals surface area (Å²) in [7, 11) is 3.60. The van der Waals surface area contributed by atoms with Crippen LogP contribution in [0.1, 0.15) is 11.1 Å². The number of fused-ring (bicyclic) bond motifs is 1. The van der Waals surface area contributed by atoms with Crippen LogP contribution in [0.2, 0.25) is 0 Å². The number of likely N-dealkylation sites (N-methyl/N-ethyl adjacent to an activating group) is 1. The quantitative estimate of drug-likeness (QED) is 0.363. The van der Waals surface area contributed by atoms with Crippen molar-refractivity contribution in [3.05, 3.63) is 88.5 Å². The zero-order valence-corrected chi connectivity index (χ0v) is 22.6. The average Bonchev–Trinajstić information content (AvgIpc) is 2.93. The molecule has 1 saturated heterocycles. The molecule has 1 aliphatic rings. The number of anilines is 2. The molecule has 0 bridgehead atoms. The third-order valence-electron chi connectivity index (χ3n) is 7.00. The van der Waals surface area contributed by atoms with Gasteiger partial charge in [0.2, 0.25) is 0 Å². The largest absolute Gasteiger partial charge is 0.457 e. The van der Waals surface area contributed by atoms with Crippen molar-refractivity contribution in [3.8, 4) is 11.5 Å². The lowest BCUT2D eigenvalue weighted by Gasteiger charge is -2.32. The zero-order valence-electron chi connectivity index (χ0n) is 22.6. The van der Waals surface area contributed by atoms with Crippen molar-refractivity contribution in [2.45, 2.75) is 12.7 Å². The standard InChI is InChI=1S/C29H29F3N6O3/c1-35-9-11-37(12-10-35)17-19-13-20(29(30,31)32)15-22(14-19)38(28(33)40)21-3-5-23(6-4-21)41-24-7-8-26-25(16-24)27(39)36(2)18-34-26/h3-8,13-16,18H,9-12,17H2,1-2H3,(H2,33,40). The number of nitrogens with zero attached hydrogens (tertiary/aromatic N) is 5. The molecular weight excluding hydrogens is 537 g/mol. The summed E-state index contributed by atoms with van der Waals surface area (Å²) in [5.74, 6) is 0.784. The SMILES string of the molecule is CN1CCN(Cc2cc(N(C(N)=O)c3ccc(Oc4ccc5ncn(C)c(=O)c5c4)cc3)cc(C(F)(F)F)c2)CC1. The van der Waals surface area contributed by atoms with Gasteiger partial charge in [-0.15, -0.1) is 0 Å². The number of amides is 2. The molecule has 5 rings (SSSR count). The molecule has 0 aliphatic carbocycles. The van der Waals surface area contributed by atoms with E-state index in [2.05, 4.69) is 14.8 Å². The molecule has 0 spiro atoms. The van der Waals surface area contributed by atoms with Crippen LogP contribution in [0.4, 0.5) is 29.3 Å². The van der Waals surface area contributed by atoms with Gasteiger partial charge < -0.3 is 19.9 Å². The number of hydrogen-bond acceptors (Lipinski definition) is 6. The number of nitrogens with two attached hydrogens (primary N) is 1. The molecular formula is C29H29F3N6O3. The van der Waals surface area contributed by atoms with Crippen molar-refractivity contribution >= 4 is 28.3 Å². The van der Waals surface area contributed by atoms with Gasteiger partial charge in [-0.2, -0.15) is 13.2 Å². The van der Waals surface area contributed by atoms with Crippen LogP contribution in [0, 0.1) is 0 Å². The molecule has 0 atom stereocenters. The number of piperazine rings is 1. The molecule has 9 nitrogen and oxygen atoms in total. The number of urea groups is 1. The normalized spacial score (nSPS) is 14.8. The highest BCUT2D eigenvalue weighted by Crippen LogP contribution is 2.36. The van der Waals surface area contributed by atoms with Crippen molar-refractivity contribution in [1.82, 2.24) is 19.4 Å². The lowest BCUT2D eigenvalue weighted by Crippen LogP contribution is -2.43. The van der Waals surface area contributed by atoms with Crippen molar-refractivity contribution in [3.63, 3.8) is 0 Å². The third kappa shape index (κ3) is 6.34.